The Morgan fingerprint density at radius 2 is 1.37 bits per heavy atom. The summed E-state index contributed by atoms with van der Waals surface area (Å²) in [5.74, 6) is 0. The van der Waals surface area contributed by atoms with Crippen LogP contribution in [0.5, 0.6) is 0 Å². The summed E-state index contributed by atoms with van der Waals surface area (Å²) in [6.45, 7) is 0. The zero-order chi connectivity index (χ0) is 13.5. The summed E-state index contributed by atoms with van der Waals surface area (Å²) in [6.07, 6.45) is -4.56. The van der Waals surface area contributed by atoms with E-state index < -0.39 is 6.30 Å². The van der Waals surface area contributed by atoms with Crippen molar-refractivity contribution in [1.29, 1.82) is 0 Å². The molecule has 1 nitrogen and oxygen atoms in total. The molecule has 0 bridgehead atoms. The largest absolute Gasteiger partial charge is 0.503 e. The minimum Gasteiger partial charge on any atom is -0.184 e. The minimum atomic E-state index is -4.56. The van der Waals surface area contributed by atoms with Crippen LogP contribution in [0, 0.1) is 0 Å². The van der Waals surface area contributed by atoms with Crippen LogP contribution in [0.3, 0.4) is 0 Å². The lowest BCUT2D eigenvalue weighted by Crippen LogP contribution is -2.19. The first-order chi connectivity index (χ1) is 9.03. The average Bonchev–Trinajstić information content (AvgIpc) is 2.35. The zero-order valence-electron chi connectivity index (χ0n) is 9.78. The fourth-order valence-corrected chi connectivity index (χ4v) is 2.18. The topological polar surface area (TPSA) is 14.1 Å². The highest BCUT2D eigenvalue weighted by Gasteiger charge is 2.30. The van der Waals surface area contributed by atoms with Crippen LogP contribution < -0.4 is 5.32 Å². The Bertz CT molecular complexity index is 747. The second kappa shape index (κ2) is 4.16. The van der Waals surface area contributed by atoms with Gasteiger partial charge in [-0.2, -0.15) is 5.32 Å². The number of alkyl halides is 3. The van der Waals surface area contributed by atoms with Crippen molar-refractivity contribution < 1.29 is 13.2 Å². The predicted molar refractivity (Wildman–Crippen MR) is 69.3 cm³/mol. The van der Waals surface area contributed by atoms with E-state index >= 15 is 0 Å². The molecular formula is C15H9F3N. The molecule has 4 heteroatoms. The van der Waals surface area contributed by atoms with E-state index in [4.69, 9.17) is 0 Å². The number of hydrogen-bond acceptors (Lipinski definition) is 0. The Kier molecular flexibility index (Phi) is 2.59. The van der Waals surface area contributed by atoms with Gasteiger partial charge in [-0.25, -0.2) is 0 Å². The molecule has 19 heavy (non-hydrogen) atoms. The van der Waals surface area contributed by atoms with Gasteiger partial charge in [0.15, 0.2) is 0 Å². The number of rotatable bonds is 1. The number of halogens is 3. The van der Waals surface area contributed by atoms with Crippen molar-refractivity contribution in [3.05, 3.63) is 54.6 Å². The fourth-order valence-electron chi connectivity index (χ4n) is 2.18. The normalized spacial score (nSPS) is 11.9. The highest BCUT2D eigenvalue weighted by atomic mass is 19.4. The summed E-state index contributed by atoms with van der Waals surface area (Å²) >= 11 is 0. The molecule has 0 amide bonds. The molecule has 1 radical (unpaired) electrons. The monoisotopic (exact) mass is 260 g/mol. The van der Waals surface area contributed by atoms with E-state index in [2.05, 4.69) is 5.32 Å². The average molecular weight is 260 g/mol. The first-order valence-electron chi connectivity index (χ1n) is 5.74. The number of hydrogen-bond donors (Lipinski definition) is 0. The quantitative estimate of drug-likeness (QED) is 0.443. The summed E-state index contributed by atoms with van der Waals surface area (Å²) < 4.78 is 37.2. The van der Waals surface area contributed by atoms with Gasteiger partial charge in [0, 0.05) is 5.39 Å². The molecule has 0 atom stereocenters. The molecule has 95 valence electrons. The first kappa shape index (κ1) is 11.8. The molecule has 3 aromatic carbocycles. The van der Waals surface area contributed by atoms with Gasteiger partial charge < -0.3 is 0 Å². The Morgan fingerprint density at radius 1 is 0.737 bits per heavy atom. The molecule has 0 aliphatic carbocycles. The zero-order valence-corrected chi connectivity index (χ0v) is 9.78. The Hall–Kier alpha value is -2.23. The maximum Gasteiger partial charge on any atom is 0.503 e. The highest BCUT2D eigenvalue weighted by Crippen LogP contribution is 2.31. The molecule has 3 rings (SSSR count). The molecular weight excluding hydrogens is 251 g/mol. The lowest BCUT2D eigenvalue weighted by atomic mass is 10.0. The lowest BCUT2D eigenvalue weighted by Gasteiger charge is -2.10. The lowest BCUT2D eigenvalue weighted by molar-refractivity contribution is -0.147. The molecule has 0 saturated carbocycles. The molecule has 0 saturated heterocycles. The van der Waals surface area contributed by atoms with Crippen molar-refractivity contribution in [2.24, 2.45) is 0 Å². The molecule has 0 unspecified atom stereocenters. The molecule has 0 heterocycles. The van der Waals surface area contributed by atoms with E-state index in [1.807, 2.05) is 30.3 Å². The van der Waals surface area contributed by atoms with Gasteiger partial charge >= 0.3 is 6.30 Å². The Labute approximate surface area is 107 Å². The van der Waals surface area contributed by atoms with Crippen LogP contribution in [0.4, 0.5) is 18.9 Å². The smallest absolute Gasteiger partial charge is 0.184 e. The van der Waals surface area contributed by atoms with Crippen molar-refractivity contribution in [1.82, 2.24) is 5.32 Å². The van der Waals surface area contributed by atoms with E-state index in [0.717, 1.165) is 16.2 Å². The summed E-state index contributed by atoms with van der Waals surface area (Å²) in [5, 5.41) is 5.99. The molecule has 0 aromatic heterocycles. The van der Waals surface area contributed by atoms with Gasteiger partial charge in [0.1, 0.15) is 0 Å². The van der Waals surface area contributed by atoms with Crippen LogP contribution in [0.1, 0.15) is 0 Å². The maximum atomic E-state index is 12.4. The van der Waals surface area contributed by atoms with Crippen LogP contribution in [-0.2, 0) is 0 Å². The second-order valence-electron chi connectivity index (χ2n) is 4.28. The van der Waals surface area contributed by atoms with Crippen molar-refractivity contribution in [3.63, 3.8) is 0 Å². The van der Waals surface area contributed by atoms with E-state index in [1.165, 1.54) is 6.07 Å². The third-order valence-electron chi connectivity index (χ3n) is 2.97. The molecule has 0 aliphatic heterocycles. The van der Waals surface area contributed by atoms with E-state index in [-0.39, 0.29) is 5.69 Å². The summed E-state index contributed by atoms with van der Waals surface area (Å²) in [5.41, 5.74) is -0.0456. The predicted octanol–water partition coefficient (Wildman–Crippen LogP) is 4.75. The van der Waals surface area contributed by atoms with Gasteiger partial charge in [0.05, 0.1) is 5.69 Å². The SMILES string of the molecule is FC(F)(F)[N]c1cccc2cc3ccccc3cc12. The van der Waals surface area contributed by atoms with Gasteiger partial charge in [-0.1, -0.05) is 36.4 Å². The van der Waals surface area contributed by atoms with Crippen LogP contribution in [0.25, 0.3) is 21.5 Å². The molecule has 0 N–H and O–H groups in total. The fraction of sp³-hybridized carbons (Fsp3) is 0.0667. The summed E-state index contributed by atoms with van der Waals surface area (Å²) in [4.78, 5) is 0. The third-order valence-corrected chi connectivity index (χ3v) is 2.97. The molecule has 0 aliphatic rings. The Balaban J connectivity index is 2.26. The van der Waals surface area contributed by atoms with Crippen molar-refractivity contribution >= 4 is 27.2 Å². The highest BCUT2D eigenvalue weighted by molar-refractivity contribution is 6.02. The van der Waals surface area contributed by atoms with E-state index in [1.54, 1.807) is 18.2 Å². The van der Waals surface area contributed by atoms with Gasteiger partial charge in [-0.05, 0) is 34.4 Å². The van der Waals surface area contributed by atoms with Crippen LogP contribution in [0.2, 0.25) is 0 Å². The maximum absolute atomic E-state index is 12.4. The number of fused-ring (bicyclic) bond motifs is 2. The standard InChI is InChI=1S/C15H9F3N/c16-15(17,18)19-14-7-3-6-12-8-10-4-1-2-5-11(10)9-13(12)14/h1-9H. The van der Waals surface area contributed by atoms with Gasteiger partial charge in [0.25, 0.3) is 0 Å². The van der Waals surface area contributed by atoms with Crippen LogP contribution in [-0.4, -0.2) is 6.30 Å². The second-order valence-corrected chi connectivity index (χ2v) is 4.28. The Morgan fingerprint density at radius 3 is 2.05 bits per heavy atom. The van der Waals surface area contributed by atoms with Crippen LogP contribution in [0.15, 0.2) is 54.6 Å². The van der Waals surface area contributed by atoms with E-state index in [9.17, 15) is 13.2 Å². The van der Waals surface area contributed by atoms with Gasteiger partial charge in [0.2, 0.25) is 0 Å². The van der Waals surface area contributed by atoms with Gasteiger partial charge in [-0.3, -0.25) is 0 Å². The summed E-state index contributed by atoms with van der Waals surface area (Å²) in [6, 6.07) is 15.9. The van der Waals surface area contributed by atoms with Crippen LogP contribution >= 0.6 is 0 Å². The molecule has 3 aromatic rings. The minimum absolute atomic E-state index is 0.0456. The summed E-state index contributed by atoms with van der Waals surface area (Å²) in [7, 11) is 0. The van der Waals surface area contributed by atoms with Gasteiger partial charge in [-0.15, -0.1) is 13.2 Å². The molecule has 0 fully saturated rings. The van der Waals surface area contributed by atoms with Crippen molar-refractivity contribution in [2.75, 3.05) is 0 Å². The number of nitrogens with zero attached hydrogens (tertiary/aromatic N) is 1. The number of benzene rings is 3. The third kappa shape index (κ3) is 2.34. The van der Waals surface area contributed by atoms with Crippen molar-refractivity contribution in [3.8, 4) is 0 Å². The first-order valence-corrected chi connectivity index (χ1v) is 5.74. The van der Waals surface area contributed by atoms with E-state index in [0.29, 0.717) is 5.39 Å². The molecule has 0 spiro atoms. The van der Waals surface area contributed by atoms with Crippen molar-refractivity contribution in [2.45, 2.75) is 6.30 Å².